The Morgan fingerprint density at radius 2 is 1.94 bits per heavy atom. The minimum absolute atomic E-state index is 0.317. The van der Waals surface area contributed by atoms with Crippen LogP contribution in [0.2, 0.25) is 0 Å². The van der Waals surface area contributed by atoms with Crippen LogP contribution in [0, 0.1) is 6.92 Å². The quantitative estimate of drug-likeness (QED) is 0.669. The lowest BCUT2D eigenvalue weighted by Gasteiger charge is -2.04. The van der Waals surface area contributed by atoms with Crippen LogP contribution in [0.5, 0.6) is 0 Å². The number of amides is 2. The molecule has 94 valence electrons. The standard InChI is InChI=1S/C11H12N4OS2/c1-7-3-5-8(6-4-7)12-9(16)13-10-14-15-11(17-2)18-10/h3-6H,1-2H3,(H2,12,13,14,16). The number of urea groups is 1. The van der Waals surface area contributed by atoms with E-state index in [-0.39, 0.29) is 6.03 Å². The fourth-order valence-electron chi connectivity index (χ4n) is 1.24. The Kier molecular flexibility index (Phi) is 4.16. The Bertz CT molecular complexity index is 538. The first-order chi connectivity index (χ1) is 8.67. The molecule has 0 aliphatic rings. The summed E-state index contributed by atoms with van der Waals surface area (Å²) in [6.07, 6.45) is 1.91. The van der Waals surface area contributed by atoms with E-state index < -0.39 is 0 Å². The third-order valence-electron chi connectivity index (χ3n) is 2.11. The van der Waals surface area contributed by atoms with Crippen LogP contribution in [0.15, 0.2) is 28.6 Å². The van der Waals surface area contributed by atoms with Gasteiger partial charge in [0.1, 0.15) is 0 Å². The molecule has 2 aromatic rings. The van der Waals surface area contributed by atoms with Gasteiger partial charge in [-0.05, 0) is 25.3 Å². The summed E-state index contributed by atoms with van der Waals surface area (Å²) in [5.74, 6) is 0. The van der Waals surface area contributed by atoms with Crippen molar-refractivity contribution >= 4 is 39.9 Å². The van der Waals surface area contributed by atoms with Gasteiger partial charge in [-0.1, -0.05) is 40.8 Å². The lowest BCUT2D eigenvalue weighted by molar-refractivity contribution is 0.262. The predicted molar refractivity (Wildman–Crippen MR) is 75.5 cm³/mol. The van der Waals surface area contributed by atoms with E-state index in [0.717, 1.165) is 15.6 Å². The molecular formula is C11H12N4OS2. The number of rotatable bonds is 3. The second-order valence-corrected chi connectivity index (χ2v) is 5.55. The minimum Gasteiger partial charge on any atom is -0.308 e. The number of hydrogen-bond acceptors (Lipinski definition) is 5. The Morgan fingerprint density at radius 1 is 1.22 bits per heavy atom. The number of aromatic nitrogens is 2. The van der Waals surface area contributed by atoms with Gasteiger partial charge in [0.25, 0.3) is 0 Å². The molecule has 0 fully saturated rings. The lowest BCUT2D eigenvalue weighted by Crippen LogP contribution is -2.19. The van der Waals surface area contributed by atoms with Crippen LogP contribution < -0.4 is 10.6 Å². The van der Waals surface area contributed by atoms with Gasteiger partial charge in [0, 0.05) is 5.69 Å². The number of hydrogen-bond donors (Lipinski definition) is 2. The molecule has 1 aromatic heterocycles. The van der Waals surface area contributed by atoms with Crippen molar-refractivity contribution in [2.24, 2.45) is 0 Å². The Hall–Kier alpha value is -1.60. The van der Waals surface area contributed by atoms with Crippen LogP contribution in [-0.2, 0) is 0 Å². The molecule has 1 heterocycles. The molecule has 7 heteroatoms. The third-order valence-corrected chi connectivity index (χ3v) is 3.93. The van der Waals surface area contributed by atoms with Crippen molar-refractivity contribution < 1.29 is 4.79 Å². The van der Waals surface area contributed by atoms with Crippen LogP contribution in [-0.4, -0.2) is 22.5 Å². The summed E-state index contributed by atoms with van der Waals surface area (Å²) in [4.78, 5) is 11.7. The summed E-state index contributed by atoms with van der Waals surface area (Å²) in [5.41, 5.74) is 1.89. The van der Waals surface area contributed by atoms with Gasteiger partial charge in [0.05, 0.1) is 0 Å². The van der Waals surface area contributed by atoms with E-state index in [9.17, 15) is 4.79 Å². The summed E-state index contributed by atoms with van der Waals surface area (Å²) in [6, 6.07) is 7.26. The van der Waals surface area contributed by atoms with Crippen LogP contribution in [0.4, 0.5) is 15.6 Å². The van der Waals surface area contributed by atoms with Crippen molar-refractivity contribution in [2.75, 3.05) is 16.9 Å². The summed E-state index contributed by atoms with van der Waals surface area (Å²) in [7, 11) is 0. The van der Waals surface area contributed by atoms with Crippen molar-refractivity contribution in [3.8, 4) is 0 Å². The molecule has 0 atom stereocenters. The average Bonchev–Trinajstić information content (AvgIpc) is 2.79. The molecule has 0 radical (unpaired) electrons. The van der Waals surface area contributed by atoms with Gasteiger partial charge in [0.2, 0.25) is 5.13 Å². The first kappa shape index (κ1) is 12.8. The first-order valence-electron chi connectivity index (χ1n) is 5.19. The topological polar surface area (TPSA) is 66.9 Å². The molecule has 0 aliphatic heterocycles. The molecule has 1 aromatic carbocycles. The number of carbonyl (C=O) groups excluding carboxylic acids is 1. The van der Waals surface area contributed by atoms with Gasteiger partial charge in [0.15, 0.2) is 4.34 Å². The highest BCUT2D eigenvalue weighted by molar-refractivity contribution is 8.00. The first-order valence-corrected chi connectivity index (χ1v) is 7.23. The Labute approximate surface area is 113 Å². The van der Waals surface area contributed by atoms with Gasteiger partial charge in [-0.25, -0.2) is 4.79 Å². The van der Waals surface area contributed by atoms with E-state index in [0.29, 0.717) is 5.13 Å². The normalized spacial score (nSPS) is 10.1. The maximum Gasteiger partial charge on any atom is 0.325 e. The molecule has 0 saturated carbocycles. The largest absolute Gasteiger partial charge is 0.325 e. The van der Waals surface area contributed by atoms with Crippen LogP contribution in [0.25, 0.3) is 0 Å². The highest BCUT2D eigenvalue weighted by atomic mass is 32.2. The third kappa shape index (κ3) is 3.44. The van der Waals surface area contributed by atoms with Crippen molar-refractivity contribution in [1.29, 1.82) is 0 Å². The highest BCUT2D eigenvalue weighted by Gasteiger charge is 2.07. The van der Waals surface area contributed by atoms with E-state index in [2.05, 4.69) is 20.8 Å². The van der Waals surface area contributed by atoms with Crippen molar-refractivity contribution in [2.45, 2.75) is 11.3 Å². The summed E-state index contributed by atoms with van der Waals surface area (Å²) < 4.78 is 0.820. The zero-order chi connectivity index (χ0) is 13.0. The average molecular weight is 280 g/mol. The molecule has 2 N–H and O–H groups in total. The molecule has 0 bridgehead atoms. The van der Waals surface area contributed by atoms with Gasteiger partial charge in [-0.2, -0.15) is 0 Å². The zero-order valence-electron chi connectivity index (χ0n) is 9.93. The number of anilines is 2. The van der Waals surface area contributed by atoms with Gasteiger partial charge in [-0.15, -0.1) is 10.2 Å². The molecule has 18 heavy (non-hydrogen) atoms. The van der Waals surface area contributed by atoms with Crippen LogP contribution >= 0.6 is 23.1 Å². The van der Waals surface area contributed by atoms with Crippen molar-refractivity contribution in [3.05, 3.63) is 29.8 Å². The number of benzene rings is 1. The molecule has 0 aliphatic carbocycles. The van der Waals surface area contributed by atoms with Gasteiger partial charge < -0.3 is 5.32 Å². The maximum atomic E-state index is 11.7. The second kappa shape index (κ2) is 5.83. The van der Waals surface area contributed by atoms with Crippen LogP contribution in [0.3, 0.4) is 0 Å². The fourth-order valence-corrected chi connectivity index (χ4v) is 2.40. The van der Waals surface area contributed by atoms with E-state index in [4.69, 9.17) is 0 Å². The van der Waals surface area contributed by atoms with Gasteiger partial charge in [-0.3, -0.25) is 5.32 Å². The Morgan fingerprint density at radius 3 is 2.56 bits per heavy atom. The summed E-state index contributed by atoms with van der Waals surface area (Å²) >= 11 is 2.84. The lowest BCUT2D eigenvalue weighted by atomic mass is 10.2. The fraction of sp³-hybridized carbons (Fsp3) is 0.182. The number of aryl methyl sites for hydroxylation is 1. The van der Waals surface area contributed by atoms with Crippen molar-refractivity contribution in [3.63, 3.8) is 0 Å². The predicted octanol–water partition coefficient (Wildman–Crippen LogP) is 3.21. The molecular weight excluding hydrogens is 268 g/mol. The molecule has 0 spiro atoms. The van der Waals surface area contributed by atoms with E-state index in [1.165, 1.54) is 23.1 Å². The van der Waals surface area contributed by atoms with Gasteiger partial charge >= 0.3 is 6.03 Å². The Balaban J connectivity index is 1.94. The van der Waals surface area contributed by atoms with Crippen LogP contribution in [0.1, 0.15) is 5.56 Å². The number of carbonyl (C=O) groups is 1. The molecule has 5 nitrogen and oxygen atoms in total. The molecule has 2 amide bonds. The summed E-state index contributed by atoms with van der Waals surface area (Å²) in [6.45, 7) is 2.00. The van der Waals surface area contributed by atoms with E-state index in [1.54, 1.807) is 0 Å². The molecule has 2 rings (SSSR count). The number of nitrogens with zero attached hydrogens (tertiary/aromatic N) is 2. The minimum atomic E-state index is -0.317. The second-order valence-electron chi connectivity index (χ2n) is 3.52. The SMILES string of the molecule is CSc1nnc(NC(=O)Nc2ccc(C)cc2)s1. The summed E-state index contributed by atoms with van der Waals surface area (Å²) in [5, 5.41) is 13.6. The smallest absolute Gasteiger partial charge is 0.308 e. The van der Waals surface area contributed by atoms with Crippen molar-refractivity contribution in [1.82, 2.24) is 10.2 Å². The number of nitrogens with one attached hydrogen (secondary N) is 2. The molecule has 0 saturated heterocycles. The molecule has 0 unspecified atom stereocenters. The monoisotopic (exact) mass is 280 g/mol. The highest BCUT2D eigenvalue weighted by Crippen LogP contribution is 2.23. The number of thioether (sulfide) groups is 1. The zero-order valence-corrected chi connectivity index (χ0v) is 11.6. The van der Waals surface area contributed by atoms with E-state index in [1.807, 2.05) is 37.4 Å². The maximum absolute atomic E-state index is 11.7. The van der Waals surface area contributed by atoms with E-state index >= 15 is 0 Å².